The van der Waals surface area contributed by atoms with Gasteiger partial charge in [-0.3, -0.25) is 14.7 Å². The van der Waals surface area contributed by atoms with Crippen LogP contribution in [0.2, 0.25) is 0 Å². The Kier molecular flexibility index (Phi) is 5.55. The molecular weight excluding hydrogens is 414 g/mol. The van der Waals surface area contributed by atoms with Crippen LogP contribution in [-0.2, 0) is 13.0 Å². The van der Waals surface area contributed by atoms with E-state index < -0.39 is 5.56 Å². The van der Waals surface area contributed by atoms with E-state index in [-0.39, 0.29) is 18.0 Å². The normalized spacial score (nSPS) is 12.6. The van der Waals surface area contributed by atoms with Gasteiger partial charge in [-0.1, -0.05) is 0 Å². The maximum atomic E-state index is 13.1. The van der Waals surface area contributed by atoms with Crippen LogP contribution in [0.25, 0.3) is 11.3 Å². The van der Waals surface area contributed by atoms with E-state index in [0.717, 1.165) is 11.3 Å². The van der Waals surface area contributed by atoms with Crippen LogP contribution in [-0.4, -0.2) is 53.9 Å². The van der Waals surface area contributed by atoms with Gasteiger partial charge in [0.1, 0.15) is 17.3 Å². The summed E-state index contributed by atoms with van der Waals surface area (Å²) in [7, 11) is 4.58. The number of carbonyl (C=O) groups excluding carboxylic acids is 1. The number of fused-ring (bicyclic) bond motifs is 1. The second kappa shape index (κ2) is 8.47. The summed E-state index contributed by atoms with van der Waals surface area (Å²) < 4.78 is 16.1. The van der Waals surface area contributed by atoms with Crippen molar-refractivity contribution < 1.29 is 19.0 Å². The molecule has 1 aromatic carbocycles. The zero-order chi connectivity index (χ0) is 22.8. The Balaban J connectivity index is 1.60. The van der Waals surface area contributed by atoms with Gasteiger partial charge in [-0.15, -0.1) is 0 Å². The molecule has 1 aliphatic rings. The maximum Gasteiger partial charge on any atom is 0.272 e. The van der Waals surface area contributed by atoms with E-state index in [9.17, 15) is 9.59 Å². The number of pyridine rings is 1. The van der Waals surface area contributed by atoms with Crippen LogP contribution in [0, 0.1) is 11.3 Å². The van der Waals surface area contributed by atoms with Crippen LogP contribution < -0.4 is 19.8 Å². The SMILES string of the molecule is COc1cc(-c2cc(C(=O)N3CCc4[nH]c(=O)c(C#N)cc4C3)[nH]n2)cc(OC)c1OC. The fourth-order valence-electron chi connectivity index (χ4n) is 3.74. The number of ether oxygens (including phenoxy) is 3. The van der Waals surface area contributed by atoms with Crippen molar-refractivity contribution in [1.82, 2.24) is 20.1 Å². The lowest BCUT2D eigenvalue weighted by molar-refractivity contribution is 0.0727. The summed E-state index contributed by atoms with van der Waals surface area (Å²) in [5.41, 5.74) is 2.68. The molecule has 0 unspecified atom stereocenters. The van der Waals surface area contributed by atoms with Gasteiger partial charge in [-0.2, -0.15) is 10.4 Å². The minimum absolute atomic E-state index is 0.0317. The van der Waals surface area contributed by atoms with Crippen molar-refractivity contribution >= 4 is 5.91 Å². The number of hydrogen-bond acceptors (Lipinski definition) is 7. The third-order valence-corrected chi connectivity index (χ3v) is 5.38. The number of nitrogens with zero attached hydrogens (tertiary/aromatic N) is 3. The molecule has 3 heterocycles. The third-order valence-electron chi connectivity index (χ3n) is 5.38. The molecule has 4 rings (SSSR count). The molecule has 10 nitrogen and oxygen atoms in total. The number of amides is 1. The minimum atomic E-state index is -0.408. The van der Waals surface area contributed by atoms with Crippen LogP contribution in [0.3, 0.4) is 0 Å². The predicted octanol–water partition coefficient (Wildman–Crippen LogP) is 1.86. The van der Waals surface area contributed by atoms with Gasteiger partial charge in [0.2, 0.25) is 5.75 Å². The zero-order valence-electron chi connectivity index (χ0n) is 17.8. The topological polar surface area (TPSA) is 133 Å². The van der Waals surface area contributed by atoms with E-state index in [0.29, 0.717) is 47.2 Å². The van der Waals surface area contributed by atoms with Crippen LogP contribution in [0.1, 0.15) is 27.3 Å². The molecule has 0 bridgehead atoms. The number of nitrogens with one attached hydrogen (secondary N) is 2. The molecular formula is C22H21N5O5. The highest BCUT2D eigenvalue weighted by molar-refractivity contribution is 5.93. The van der Waals surface area contributed by atoms with Gasteiger partial charge in [0.25, 0.3) is 11.5 Å². The summed E-state index contributed by atoms with van der Waals surface area (Å²) in [5, 5.41) is 16.2. The second-order valence-electron chi connectivity index (χ2n) is 7.19. The molecule has 2 N–H and O–H groups in total. The summed E-state index contributed by atoms with van der Waals surface area (Å²) in [6, 6.07) is 8.58. The van der Waals surface area contributed by atoms with Crippen molar-refractivity contribution in [3.8, 4) is 34.6 Å². The smallest absolute Gasteiger partial charge is 0.272 e. The van der Waals surface area contributed by atoms with Crippen molar-refractivity contribution in [1.29, 1.82) is 5.26 Å². The molecule has 32 heavy (non-hydrogen) atoms. The van der Waals surface area contributed by atoms with Gasteiger partial charge in [-0.05, 0) is 29.8 Å². The molecule has 0 fully saturated rings. The highest BCUT2D eigenvalue weighted by atomic mass is 16.5. The summed E-state index contributed by atoms with van der Waals surface area (Å²) >= 11 is 0. The Morgan fingerprint density at radius 1 is 1.12 bits per heavy atom. The molecule has 2 aromatic heterocycles. The quantitative estimate of drug-likeness (QED) is 0.625. The first-order chi connectivity index (χ1) is 15.5. The lowest BCUT2D eigenvalue weighted by Gasteiger charge is -2.28. The highest BCUT2D eigenvalue weighted by Gasteiger charge is 2.25. The van der Waals surface area contributed by atoms with Crippen LogP contribution in [0.15, 0.2) is 29.1 Å². The molecule has 0 aliphatic carbocycles. The van der Waals surface area contributed by atoms with Crippen molar-refractivity contribution in [2.24, 2.45) is 0 Å². The number of H-pyrrole nitrogens is 2. The molecule has 10 heteroatoms. The molecule has 0 atom stereocenters. The summed E-state index contributed by atoms with van der Waals surface area (Å²) in [5.74, 6) is 1.19. The summed E-state index contributed by atoms with van der Waals surface area (Å²) in [6.07, 6.45) is 0.496. The summed E-state index contributed by atoms with van der Waals surface area (Å²) in [4.78, 5) is 29.3. The molecule has 1 aliphatic heterocycles. The fraction of sp³-hybridized carbons (Fsp3) is 0.273. The largest absolute Gasteiger partial charge is 0.493 e. The first-order valence-corrected chi connectivity index (χ1v) is 9.79. The van der Waals surface area contributed by atoms with Crippen LogP contribution in [0.4, 0.5) is 0 Å². The van der Waals surface area contributed by atoms with E-state index in [4.69, 9.17) is 19.5 Å². The van der Waals surface area contributed by atoms with Gasteiger partial charge >= 0.3 is 0 Å². The minimum Gasteiger partial charge on any atom is -0.493 e. The van der Waals surface area contributed by atoms with Gasteiger partial charge in [0, 0.05) is 30.8 Å². The number of aromatic nitrogens is 3. The second-order valence-corrected chi connectivity index (χ2v) is 7.19. The van der Waals surface area contributed by atoms with Gasteiger partial charge in [0.15, 0.2) is 11.5 Å². The lowest BCUT2D eigenvalue weighted by atomic mass is 10.0. The Morgan fingerprint density at radius 3 is 2.47 bits per heavy atom. The van der Waals surface area contributed by atoms with Crippen LogP contribution in [0.5, 0.6) is 17.2 Å². The average molecular weight is 435 g/mol. The number of aromatic amines is 2. The van der Waals surface area contributed by atoms with Crippen molar-refractivity contribution in [3.05, 3.63) is 57.1 Å². The number of hydrogen-bond donors (Lipinski definition) is 2. The monoisotopic (exact) mass is 435 g/mol. The third kappa shape index (κ3) is 3.65. The van der Waals surface area contributed by atoms with E-state index in [1.54, 1.807) is 29.2 Å². The van der Waals surface area contributed by atoms with E-state index in [1.807, 2.05) is 6.07 Å². The number of carbonyl (C=O) groups is 1. The Labute approximate surface area is 183 Å². The van der Waals surface area contributed by atoms with E-state index in [2.05, 4.69) is 15.2 Å². The average Bonchev–Trinajstić information content (AvgIpc) is 3.32. The molecule has 164 valence electrons. The summed E-state index contributed by atoms with van der Waals surface area (Å²) in [6.45, 7) is 0.727. The van der Waals surface area contributed by atoms with Gasteiger partial charge in [0.05, 0.1) is 27.0 Å². The Bertz CT molecular complexity index is 1260. The van der Waals surface area contributed by atoms with Gasteiger partial charge < -0.3 is 24.1 Å². The van der Waals surface area contributed by atoms with Crippen molar-refractivity contribution in [3.63, 3.8) is 0 Å². The predicted molar refractivity (Wildman–Crippen MR) is 114 cm³/mol. The van der Waals surface area contributed by atoms with E-state index in [1.165, 1.54) is 21.3 Å². The molecule has 0 radical (unpaired) electrons. The molecule has 1 amide bonds. The fourth-order valence-corrected chi connectivity index (χ4v) is 3.74. The lowest BCUT2D eigenvalue weighted by Crippen LogP contribution is -2.37. The molecule has 0 spiro atoms. The first-order valence-electron chi connectivity index (χ1n) is 9.79. The standard InChI is InChI=1S/C22H21N5O5/c1-30-18-7-12(8-19(31-2)20(18)32-3)16-9-17(26-25-16)22(29)27-5-4-15-14(11-27)6-13(10-23)21(28)24-15/h6-9H,4-5,11H2,1-3H3,(H,24,28)(H,25,26). The maximum absolute atomic E-state index is 13.1. The zero-order valence-corrected chi connectivity index (χ0v) is 17.8. The van der Waals surface area contributed by atoms with Crippen molar-refractivity contribution in [2.75, 3.05) is 27.9 Å². The molecule has 0 saturated heterocycles. The number of methoxy groups -OCH3 is 3. The number of rotatable bonds is 5. The highest BCUT2D eigenvalue weighted by Crippen LogP contribution is 2.40. The Morgan fingerprint density at radius 2 is 1.84 bits per heavy atom. The first kappa shape index (κ1) is 21.0. The van der Waals surface area contributed by atoms with Gasteiger partial charge in [-0.25, -0.2) is 0 Å². The number of benzene rings is 1. The van der Waals surface area contributed by atoms with E-state index >= 15 is 0 Å². The Hall–Kier alpha value is -4.26. The van der Waals surface area contributed by atoms with Crippen molar-refractivity contribution in [2.45, 2.75) is 13.0 Å². The van der Waals surface area contributed by atoms with Crippen LogP contribution >= 0.6 is 0 Å². The molecule has 0 saturated carbocycles. The molecule has 3 aromatic rings. The number of nitriles is 1.